The number of hydrogen-bond acceptors (Lipinski definition) is 7. The Morgan fingerprint density at radius 1 is 1.20 bits per heavy atom. The molecule has 4 heterocycles. The molecule has 4 aromatic heterocycles. The number of aryl methyl sites for hydroxylation is 1. The molecule has 0 aliphatic heterocycles. The van der Waals surface area contributed by atoms with Gasteiger partial charge in [-0.1, -0.05) is 5.16 Å². The fourth-order valence-corrected chi connectivity index (χ4v) is 2.63. The van der Waals surface area contributed by atoms with Crippen LogP contribution in [-0.4, -0.2) is 29.9 Å². The van der Waals surface area contributed by atoms with Crippen LogP contribution in [0, 0.1) is 0 Å². The van der Waals surface area contributed by atoms with Crippen molar-refractivity contribution in [2.75, 3.05) is 0 Å². The molecule has 0 unspecified atom stereocenters. The fraction of sp³-hybridized carbons (Fsp3) is 0.167. The molecule has 1 N–H and O–H groups in total. The van der Waals surface area contributed by atoms with Crippen molar-refractivity contribution in [2.24, 2.45) is 7.05 Å². The minimum absolute atomic E-state index is 0.0113. The van der Waals surface area contributed by atoms with Crippen LogP contribution >= 0.6 is 0 Å². The van der Waals surface area contributed by atoms with Crippen LogP contribution in [0.4, 0.5) is 13.2 Å². The first-order valence-electron chi connectivity index (χ1n) is 8.52. The quantitative estimate of drug-likeness (QED) is 0.530. The highest BCUT2D eigenvalue weighted by Crippen LogP contribution is 2.29. The molecule has 0 spiro atoms. The van der Waals surface area contributed by atoms with Crippen LogP contribution in [-0.2, 0) is 19.8 Å². The highest BCUT2D eigenvalue weighted by molar-refractivity contribution is 5.60. The molecule has 0 aliphatic carbocycles. The van der Waals surface area contributed by atoms with Gasteiger partial charge in [0.2, 0.25) is 11.7 Å². The number of alkyl halides is 3. The Balaban J connectivity index is 1.56. The zero-order valence-corrected chi connectivity index (χ0v) is 15.3. The molecule has 30 heavy (non-hydrogen) atoms. The largest absolute Gasteiger partial charge is 0.471 e. The van der Waals surface area contributed by atoms with E-state index in [-0.39, 0.29) is 35.3 Å². The smallest absolute Gasteiger partial charge is 0.417 e. The van der Waals surface area contributed by atoms with Crippen LogP contribution in [0.5, 0.6) is 5.88 Å². The molecule has 0 saturated carbocycles. The van der Waals surface area contributed by atoms with E-state index in [1.165, 1.54) is 17.1 Å². The summed E-state index contributed by atoms with van der Waals surface area (Å²) in [7, 11) is 1.65. The number of H-pyrrole nitrogens is 1. The van der Waals surface area contributed by atoms with Crippen LogP contribution < -0.4 is 10.3 Å². The summed E-state index contributed by atoms with van der Waals surface area (Å²) in [5, 5.41) is 7.95. The average molecular weight is 418 g/mol. The molecule has 9 nitrogen and oxygen atoms in total. The summed E-state index contributed by atoms with van der Waals surface area (Å²) in [6.07, 6.45) is -0.817. The molecule has 4 aromatic rings. The summed E-state index contributed by atoms with van der Waals surface area (Å²) in [5.41, 5.74) is -0.0223. The predicted molar refractivity (Wildman–Crippen MR) is 96.1 cm³/mol. The first kappa shape index (κ1) is 19.4. The average Bonchev–Trinajstić information content (AvgIpc) is 3.33. The Bertz CT molecular complexity index is 1230. The molecular weight excluding hydrogens is 405 g/mol. The van der Waals surface area contributed by atoms with Gasteiger partial charge in [0.1, 0.15) is 6.61 Å². The van der Waals surface area contributed by atoms with Gasteiger partial charge in [-0.05, 0) is 18.2 Å². The SMILES string of the molecule is Cn1ncc(-c2nc(-c3ccc[nH]c3=O)no2)c1COc1ccc(C(F)(F)F)cn1. The molecule has 0 amide bonds. The van der Waals surface area contributed by atoms with Gasteiger partial charge in [-0.25, -0.2) is 4.98 Å². The molecule has 154 valence electrons. The second-order valence-corrected chi connectivity index (χ2v) is 6.14. The Hall–Kier alpha value is -3.96. The lowest BCUT2D eigenvalue weighted by atomic mass is 10.2. The van der Waals surface area contributed by atoms with Crippen molar-refractivity contribution in [3.63, 3.8) is 0 Å². The second kappa shape index (κ2) is 7.46. The molecule has 0 atom stereocenters. The van der Waals surface area contributed by atoms with Crippen molar-refractivity contribution in [3.05, 3.63) is 64.5 Å². The van der Waals surface area contributed by atoms with E-state index in [0.29, 0.717) is 17.5 Å². The summed E-state index contributed by atoms with van der Waals surface area (Å²) in [6.45, 7) is -0.0617. The van der Waals surface area contributed by atoms with Gasteiger partial charge < -0.3 is 14.2 Å². The van der Waals surface area contributed by atoms with Crippen molar-refractivity contribution in [1.29, 1.82) is 0 Å². The van der Waals surface area contributed by atoms with Crippen molar-refractivity contribution >= 4 is 0 Å². The van der Waals surface area contributed by atoms with Crippen LogP contribution in [0.25, 0.3) is 22.8 Å². The topological polar surface area (TPSA) is 112 Å². The van der Waals surface area contributed by atoms with Crippen molar-refractivity contribution in [2.45, 2.75) is 12.8 Å². The highest BCUT2D eigenvalue weighted by Gasteiger charge is 2.30. The molecule has 0 bridgehead atoms. The molecule has 4 rings (SSSR count). The Labute approximate surface area is 166 Å². The highest BCUT2D eigenvalue weighted by atomic mass is 19.4. The van der Waals surface area contributed by atoms with Gasteiger partial charge in [-0.3, -0.25) is 9.48 Å². The van der Waals surface area contributed by atoms with E-state index in [4.69, 9.17) is 9.26 Å². The van der Waals surface area contributed by atoms with Crippen LogP contribution in [0.2, 0.25) is 0 Å². The van der Waals surface area contributed by atoms with E-state index in [1.807, 2.05) is 0 Å². The predicted octanol–water partition coefficient (Wildman–Crippen LogP) is 2.82. The summed E-state index contributed by atoms with van der Waals surface area (Å²) < 4.78 is 50.1. The van der Waals surface area contributed by atoms with E-state index < -0.39 is 11.7 Å². The molecule has 0 fully saturated rings. The first-order valence-corrected chi connectivity index (χ1v) is 8.52. The monoisotopic (exact) mass is 418 g/mol. The van der Waals surface area contributed by atoms with E-state index in [2.05, 4.69) is 25.2 Å². The maximum atomic E-state index is 12.6. The first-order chi connectivity index (χ1) is 14.3. The van der Waals surface area contributed by atoms with E-state index in [1.54, 1.807) is 19.2 Å². The van der Waals surface area contributed by atoms with Crippen molar-refractivity contribution in [1.82, 2.24) is 29.9 Å². The normalized spacial score (nSPS) is 11.6. The van der Waals surface area contributed by atoms with Crippen molar-refractivity contribution in [3.8, 4) is 28.7 Å². The summed E-state index contributed by atoms with van der Waals surface area (Å²) >= 11 is 0. The number of pyridine rings is 2. The van der Waals surface area contributed by atoms with Crippen LogP contribution in [0.3, 0.4) is 0 Å². The lowest BCUT2D eigenvalue weighted by Crippen LogP contribution is -2.08. The zero-order valence-electron chi connectivity index (χ0n) is 15.3. The number of aromatic nitrogens is 6. The van der Waals surface area contributed by atoms with E-state index in [0.717, 1.165) is 12.1 Å². The minimum Gasteiger partial charge on any atom is -0.471 e. The number of rotatable bonds is 5. The third kappa shape index (κ3) is 3.79. The minimum atomic E-state index is -4.48. The van der Waals surface area contributed by atoms with Gasteiger partial charge in [0.15, 0.2) is 0 Å². The molecule has 0 aliphatic rings. The number of halogens is 3. The van der Waals surface area contributed by atoms with Gasteiger partial charge in [0.25, 0.3) is 11.4 Å². The van der Waals surface area contributed by atoms with Crippen molar-refractivity contribution < 1.29 is 22.4 Å². The second-order valence-electron chi connectivity index (χ2n) is 6.14. The van der Waals surface area contributed by atoms with Crippen LogP contribution in [0.15, 0.2) is 52.2 Å². The van der Waals surface area contributed by atoms with Gasteiger partial charge in [0, 0.05) is 25.5 Å². The zero-order chi connectivity index (χ0) is 21.3. The van der Waals surface area contributed by atoms with E-state index >= 15 is 0 Å². The van der Waals surface area contributed by atoms with Gasteiger partial charge >= 0.3 is 6.18 Å². The van der Waals surface area contributed by atoms with Gasteiger partial charge in [0.05, 0.1) is 28.6 Å². The molecule has 12 heteroatoms. The third-order valence-corrected chi connectivity index (χ3v) is 4.20. The number of aromatic amines is 1. The van der Waals surface area contributed by atoms with Gasteiger partial charge in [-0.2, -0.15) is 23.3 Å². The fourth-order valence-electron chi connectivity index (χ4n) is 2.63. The number of nitrogens with one attached hydrogen (secondary N) is 1. The Kier molecular flexibility index (Phi) is 4.82. The van der Waals surface area contributed by atoms with Crippen LogP contribution in [0.1, 0.15) is 11.3 Å². The Morgan fingerprint density at radius 2 is 2.03 bits per heavy atom. The summed E-state index contributed by atoms with van der Waals surface area (Å²) in [6, 6.07) is 5.20. The summed E-state index contributed by atoms with van der Waals surface area (Å²) in [4.78, 5) is 22.3. The molecular formula is C18H13F3N6O3. The van der Waals surface area contributed by atoms with E-state index in [9.17, 15) is 18.0 Å². The van der Waals surface area contributed by atoms with Gasteiger partial charge in [-0.15, -0.1) is 0 Å². The third-order valence-electron chi connectivity index (χ3n) is 4.20. The lowest BCUT2D eigenvalue weighted by molar-refractivity contribution is -0.137. The number of hydrogen-bond donors (Lipinski definition) is 1. The Morgan fingerprint density at radius 3 is 2.73 bits per heavy atom. The number of nitrogens with zero attached hydrogens (tertiary/aromatic N) is 5. The maximum absolute atomic E-state index is 12.6. The number of ether oxygens (including phenoxy) is 1. The molecule has 0 saturated heterocycles. The molecule has 0 aromatic carbocycles. The standard InChI is InChI=1S/C18H13F3N6O3/c1-27-13(9-29-14-5-4-10(7-23-14)18(19,20)21)12(8-24-27)17-25-15(26-30-17)11-3-2-6-22-16(11)28/h2-8H,9H2,1H3,(H,22,28). The lowest BCUT2D eigenvalue weighted by Gasteiger charge is -2.09. The summed E-state index contributed by atoms with van der Waals surface area (Å²) in [5.74, 6) is 0.226. The molecule has 0 radical (unpaired) electrons. The maximum Gasteiger partial charge on any atom is 0.417 e.